The van der Waals surface area contributed by atoms with Crippen molar-refractivity contribution in [2.75, 3.05) is 5.32 Å². The van der Waals surface area contributed by atoms with Crippen molar-refractivity contribution in [1.82, 2.24) is 0 Å². The molecule has 0 aliphatic heterocycles. The van der Waals surface area contributed by atoms with Crippen molar-refractivity contribution in [3.8, 4) is 0 Å². The van der Waals surface area contributed by atoms with Gasteiger partial charge in [-0.2, -0.15) is 0 Å². The van der Waals surface area contributed by atoms with Gasteiger partial charge in [-0.3, -0.25) is 9.59 Å². The van der Waals surface area contributed by atoms with Crippen LogP contribution in [0.1, 0.15) is 21.5 Å². The van der Waals surface area contributed by atoms with Crippen molar-refractivity contribution >= 4 is 29.5 Å². The lowest BCUT2D eigenvalue weighted by Crippen LogP contribution is -2.08. The van der Waals surface area contributed by atoms with Crippen molar-refractivity contribution in [1.29, 1.82) is 0 Å². The van der Waals surface area contributed by atoms with E-state index in [9.17, 15) is 14.0 Å². The molecule has 0 aliphatic carbocycles. The van der Waals surface area contributed by atoms with Gasteiger partial charge in [0.15, 0.2) is 5.78 Å². The normalized spacial score (nSPS) is 11.0. The van der Waals surface area contributed by atoms with Crippen LogP contribution >= 0.6 is 0 Å². The van der Waals surface area contributed by atoms with Crippen LogP contribution in [0.4, 0.5) is 10.1 Å². The minimum absolute atomic E-state index is 0.279. The molecule has 3 aromatic rings. The molecule has 0 fully saturated rings. The summed E-state index contributed by atoms with van der Waals surface area (Å²) in [4.78, 5) is 24.4. The van der Waals surface area contributed by atoms with Crippen LogP contribution in [0, 0.1) is 5.82 Å². The number of benzene rings is 3. The lowest BCUT2D eigenvalue weighted by atomic mass is 10.1. The van der Waals surface area contributed by atoms with Crippen LogP contribution in [0.5, 0.6) is 0 Å². The minimum Gasteiger partial charge on any atom is -0.322 e. The van der Waals surface area contributed by atoms with E-state index in [1.54, 1.807) is 48.5 Å². The summed E-state index contributed by atoms with van der Waals surface area (Å²) in [6.07, 6.45) is 5.89. The molecule has 0 aliphatic rings. The van der Waals surface area contributed by atoms with Gasteiger partial charge >= 0.3 is 0 Å². The summed E-state index contributed by atoms with van der Waals surface area (Å²) >= 11 is 0. The topological polar surface area (TPSA) is 46.2 Å². The summed E-state index contributed by atoms with van der Waals surface area (Å²) in [6, 6.07) is 22.3. The van der Waals surface area contributed by atoms with E-state index in [4.69, 9.17) is 0 Å². The molecule has 28 heavy (non-hydrogen) atoms. The fraction of sp³-hybridized carbons (Fsp3) is 0. The predicted octanol–water partition coefficient (Wildman–Crippen LogP) is 5.37. The van der Waals surface area contributed by atoms with Gasteiger partial charge in [0, 0.05) is 22.9 Å². The molecule has 0 aromatic heterocycles. The summed E-state index contributed by atoms with van der Waals surface area (Å²) in [5, 5.41) is 2.73. The van der Waals surface area contributed by atoms with Crippen LogP contribution in [-0.4, -0.2) is 11.7 Å². The molecule has 1 amide bonds. The maximum absolute atomic E-state index is 13.6. The van der Waals surface area contributed by atoms with Gasteiger partial charge in [0.1, 0.15) is 5.82 Å². The summed E-state index contributed by atoms with van der Waals surface area (Å²) < 4.78 is 13.6. The van der Waals surface area contributed by atoms with Gasteiger partial charge < -0.3 is 5.32 Å². The molecule has 0 radical (unpaired) electrons. The van der Waals surface area contributed by atoms with Gasteiger partial charge in [-0.25, -0.2) is 4.39 Å². The fourth-order valence-electron chi connectivity index (χ4n) is 2.54. The Morgan fingerprint density at radius 2 is 1.54 bits per heavy atom. The van der Waals surface area contributed by atoms with E-state index in [1.807, 2.05) is 30.3 Å². The lowest BCUT2D eigenvalue weighted by molar-refractivity contribution is -0.111. The first-order valence-electron chi connectivity index (χ1n) is 8.73. The number of hydrogen-bond acceptors (Lipinski definition) is 2. The first-order valence-corrected chi connectivity index (χ1v) is 8.73. The zero-order valence-electron chi connectivity index (χ0n) is 15.0. The van der Waals surface area contributed by atoms with Gasteiger partial charge in [-0.15, -0.1) is 0 Å². The molecule has 1 N–H and O–H groups in total. The third kappa shape index (κ3) is 5.35. The minimum atomic E-state index is -0.391. The Labute approximate surface area is 162 Å². The quantitative estimate of drug-likeness (QED) is 0.467. The number of nitrogens with one attached hydrogen (secondary N) is 1. The summed E-state index contributed by atoms with van der Waals surface area (Å²) in [6.45, 7) is 0. The monoisotopic (exact) mass is 371 g/mol. The highest BCUT2D eigenvalue weighted by Crippen LogP contribution is 2.14. The van der Waals surface area contributed by atoms with Gasteiger partial charge in [0.25, 0.3) is 0 Å². The number of ketones is 1. The maximum Gasteiger partial charge on any atom is 0.248 e. The Kier molecular flexibility index (Phi) is 6.26. The molecular formula is C24H18FNO2. The standard InChI is InChI=1S/C24H18FNO2/c25-22-12-5-4-9-19(22)14-15-23(27)20-10-6-11-21(17-20)26-24(28)16-13-18-7-2-1-3-8-18/h1-17H,(H,26,28)/b15-14+,16-13?. The van der Waals surface area contributed by atoms with E-state index in [-0.39, 0.29) is 11.7 Å². The Bertz CT molecular complexity index is 1040. The van der Waals surface area contributed by atoms with E-state index in [0.717, 1.165) is 5.56 Å². The van der Waals surface area contributed by atoms with E-state index in [1.165, 1.54) is 24.3 Å². The number of rotatable bonds is 6. The Morgan fingerprint density at radius 3 is 2.32 bits per heavy atom. The van der Waals surface area contributed by atoms with Gasteiger partial charge in [0.05, 0.1) is 0 Å². The fourth-order valence-corrected chi connectivity index (χ4v) is 2.54. The van der Waals surface area contributed by atoms with E-state index in [2.05, 4.69) is 5.32 Å². The average Bonchev–Trinajstić information content (AvgIpc) is 2.72. The molecule has 0 atom stereocenters. The number of allylic oxidation sites excluding steroid dienone is 1. The summed E-state index contributed by atoms with van der Waals surface area (Å²) in [5.41, 5.74) is 2.16. The second-order valence-electron chi connectivity index (χ2n) is 6.03. The highest BCUT2D eigenvalue weighted by Gasteiger charge is 2.05. The zero-order chi connectivity index (χ0) is 19.8. The van der Waals surface area contributed by atoms with Crippen LogP contribution in [0.3, 0.4) is 0 Å². The molecule has 4 heteroatoms. The highest BCUT2D eigenvalue weighted by atomic mass is 19.1. The summed E-state index contributed by atoms with van der Waals surface area (Å²) in [7, 11) is 0. The predicted molar refractivity (Wildman–Crippen MR) is 110 cm³/mol. The SMILES string of the molecule is O=C(C=Cc1ccccc1)Nc1cccc(C(=O)/C=C/c2ccccc2F)c1. The zero-order valence-corrected chi connectivity index (χ0v) is 15.0. The van der Waals surface area contributed by atoms with Crippen molar-refractivity contribution in [3.05, 3.63) is 114 Å². The van der Waals surface area contributed by atoms with E-state index >= 15 is 0 Å². The van der Waals surface area contributed by atoms with Crippen LogP contribution in [0.2, 0.25) is 0 Å². The number of amides is 1. The molecule has 0 saturated carbocycles. The number of anilines is 1. The van der Waals surface area contributed by atoms with Gasteiger partial charge in [-0.05, 0) is 42.0 Å². The average molecular weight is 371 g/mol. The van der Waals surface area contributed by atoms with Gasteiger partial charge in [0.2, 0.25) is 5.91 Å². The molecule has 0 heterocycles. The number of hydrogen-bond donors (Lipinski definition) is 1. The molecule has 3 aromatic carbocycles. The number of carbonyl (C=O) groups is 2. The Balaban J connectivity index is 1.66. The highest BCUT2D eigenvalue weighted by molar-refractivity contribution is 6.08. The molecule has 0 bridgehead atoms. The molecular weight excluding hydrogens is 353 g/mol. The van der Waals surface area contributed by atoms with Gasteiger partial charge in [-0.1, -0.05) is 60.7 Å². The van der Waals surface area contributed by atoms with Crippen molar-refractivity contribution in [2.45, 2.75) is 0 Å². The lowest BCUT2D eigenvalue weighted by Gasteiger charge is -2.04. The molecule has 0 saturated heterocycles. The summed E-state index contributed by atoms with van der Waals surface area (Å²) in [5.74, 6) is -0.965. The molecule has 0 spiro atoms. The number of halogens is 1. The van der Waals surface area contributed by atoms with Crippen LogP contribution in [0.25, 0.3) is 12.2 Å². The largest absolute Gasteiger partial charge is 0.322 e. The smallest absolute Gasteiger partial charge is 0.248 e. The van der Waals surface area contributed by atoms with E-state index in [0.29, 0.717) is 16.8 Å². The van der Waals surface area contributed by atoms with Crippen LogP contribution in [-0.2, 0) is 4.79 Å². The first kappa shape index (κ1) is 19.0. The molecule has 0 unspecified atom stereocenters. The third-order valence-corrected chi connectivity index (χ3v) is 3.96. The van der Waals surface area contributed by atoms with Crippen molar-refractivity contribution in [3.63, 3.8) is 0 Å². The second-order valence-corrected chi connectivity index (χ2v) is 6.03. The first-order chi connectivity index (χ1) is 13.6. The number of carbonyl (C=O) groups excluding carboxylic acids is 2. The molecule has 138 valence electrons. The second kappa shape index (κ2) is 9.24. The third-order valence-electron chi connectivity index (χ3n) is 3.96. The van der Waals surface area contributed by atoms with Crippen molar-refractivity contribution in [2.24, 2.45) is 0 Å². The maximum atomic E-state index is 13.6. The van der Waals surface area contributed by atoms with Crippen LogP contribution < -0.4 is 5.32 Å². The molecule has 3 rings (SSSR count). The Hall–Kier alpha value is -3.79. The van der Waals surface area contributed by atoms with Crippen LogP contribution in [0.15, 0.2) is 91.0 Å². The molecule has 3 nitrogen and oxygen atoms in total. The Morgan fingerprint density at radius 1 is 0.786 bits per heavy atom. The van der Waals surface area contributed by atoms with Crippen molar-refractivity contribution < 1.29 is 14.0 Å². The van der Waals surface area contributed by atoms with E-state index < -0.39 is 5.82 Å².